The minimum atomic E-state index is -0.443. The summed E-state index contributed by atoms with van der Waals surface area (Å²) in [4.78, 5) is 13.1. The predicted octanol–water partition coefficient (Wildman–Crippen LogP) is 0.913. The molecule has 1 aromatic rings. The maximum absolute atomic E-state index is 11.2. The molecule has 0 spiro atoms. The van der Waals surface area contributed by atoms with Gasteiger partial charge in [-0.15, -0.1) is 0 Å². The molecular weight excluding hydrogens is 184 g/mol. The van der Waals surface area contributed by atoms with Gasteiger partial charge in [-0.2, -0.15) is 0 Å². The molecule has 0 unspecified atom stereocenters. The number of rotatable bonds is 4. The van der Waals surface area contributed by atoms with Crippen molar-refractivity contribution >= 4 is 5.97 Å². The molecule has 0 aliphatic rings. The maximum atomic E-state index is 11.2. The summed E-state index contributed by atoms with van der Waals surface area (Å²) < 4.78 is 9.72. The molecule has 0 fully saturated rings. The van der Waals surface area contributed by atoms with E-state index in [0.29, 0.717) is 18.9 Å². The summed E-state index contributed by atoms with van der Waals surface area (Å²) in [5, 5.41) is 3.61. The van der Waals surface area contributed by atoms with E-state index in [-0.39, 0.29) is 5.69 Å². The van der Waals surface area contributed by atoms with E-state index < -0.39 is 5.97 Å². The number of hydrogen-bond acceptors (Lipinski definition) is 5. The van der Waals surface area contributed by atoms with Gasteiger partial charge in [0.1, 0.15) is 0 Å². The molecule has 0 amide bonds. The van der Waals surface area contributed by atoms with Crippen molar-refractivity contribution in [2.45, 2.75) is 13.5 Å². The second-order valence-electron chi connectivity index (χ2n) is 3.14. The summed E-state index contributed by atoms with van der Waals surface area (Å²) in [5.41, 5.74) is 0.226. The molecule has 0 atom stereocenters. The van der Waals surface area contributed by atoms with E-state index in [2.05, 4.69) is 5.16 Å². The van der Waals surface area contributed by atoms with Crippen molar-refractivity contribution in [3.63, 3.8) is 0 Å². The highest BCUT2D eigenvalue weighted by atomic mass is 16.5. The van der Waals surface area contributed by atoms with E-state index in [1.807, 2.05) is 19.0 Å². The SMILES string of the molecule is CCOC(=O)c1cc(CN(C)C)on1. The molecule has 0 aromatic carbocycles. The van der Waals surface area contributed by atoms with Crippen molar-refractivity contribution in [2.75, 3.05) is 20.7 Å². The zero-order valence-electron chi connectivity index (χ0n) is 8.61. The summed E-state index contributed by atoms with van der Waals surface area (Å²) >= 11 is 0. The van der Waals surface area contributed by atoms with Crippen LogP contribution in [0, 0.1) is 0 Å². The molecule has 0 saturated heterocycles. The Hall–Kier alpha value is -1.36. The first-order chi connectivity index (χ1) is 6.63. The first kappa shape index (κ1) is 10.7. The van der Waals surface area contributed by atoms with Crippen LogP contribution in [0.4, 0.5) is 0 Å². The molecule has 0 saturated carbocycles. The van der Waals surface area contributed by atoms with Crippen LogP contribution in [0.1, 0.15) is 23.2 Å². The van der Waals surface area contributed by atoms with Gasteiger partial charge in [0.05, 0.1) is 13.2 Å². The van der Waals surface area contributed by atoms with Gasteiger partial charge in [-0.3, -0.25) is 0 Å². The van der Waals surface area contributed by atoms with Crippen molar-refractivity contribution in [2.24, 2.45) is 0 Å². The molecule has 0 radical (unpaired) electrons. The quantitative estimate of drug-likeness (QED) is 0.673. The molecule has 5 nitrogen and oxygen atoms in total. The lowest BCUT2D eigenvalue weighted by Crippen LogP contribution is -2.09. The van der Waals surface area contributed by atoms with E-state index in [9.17, 15) is 4.79 Å². The highest BCUT2D eigenvalue weighted by Gasteiger charge is 2.13. The average molecular weight is 198 g/mol. The first-order valence-corrected chi connectivity index (χ1v) is 4.41. The molecule has 0 bridgehead atoms. The van der Waals surface area contributed by atoms with Crippen molar-refractivity contribution in [1.82, 2.24) is 10.1 Å². The summed E-state index contributed by atoms with van der Waals surface area (Å²) in [5.74, 6) is 0.208. The topological polar surface area (TPSA) is 55.6 Å². The maximum Gasteiger partial charge on any atom is 0.360 e. The van der Waals surface area contributed by atoms with Gasteiger partial charge in [-0.05, 0) is 21.0 Å². The van der Waals surface area contributed by atoms with Gasteiger partial charge in [-0.25, -0.2) is 4.79 Å². The smallest absolute Gasteiger partial charge is 0.360 e. The molecule has 1 heterocycles. The van der Waals surface area contributed by atoms with Gasteiger partial charge >= 0.3 is 5.97 Å². The fourth-order valence-corrected chi connectivity index (χ4v) is 1.00. The van der Waals surface area contributed by atoms with Crippen LogP contribution in [0.15, 0.2) is 10.6 Å². The van der Waals surface area contributed by atoms with Gasteiger partial charge in [0, 0.05) is 6.07 Å². The van der Waals surface area contributed by atoms with Crippen molar-refractivity contribution in [1.29, 1.82) is 0 Å². The molecule has 1 rings (SSSR count). The van der Waals surface area contributed by atoms with E-state index in [1.165, 1.54) is 0 Å². The standard InChI is InChI=1S/C9H14N2O3/c1-4-13-9(12)8-5-7(14-10-8)6-11(2)3/h5H,4,6H2,1-3H3. The van der Waals surface area contributed by atoms with Crippen molar-refractivity contribution < 1.29 is 14.1 Å². The van der Waals surface area contributed by atoms with Gasteiger partial charge in [0.25, 0.3) is 0 Å². The van der Waals surface area contributed by atoms with Gasteiger partial charge < -0.3 is 14.2 Å². The van der Waals surface area contributed by atoms with Gasteiger partial charge in [0.15, 0.2) is 11.5 Å². The summed E-state index contributed by atoms with van der Waals surface area (Å²) in [7, 11) is 3.82. The lowest BCUT2D eigenvalue weighted by Gasteiger charge is -2.03. The van der Waals surface area contributed by atoms with Gasteiger partial charge in [0.2, 0.25) is 0 Å². The van der Waals surface area contributed by atoms with Crippen LogP contribution in [0.2, 0.25) is 0 Å². The predicted molar refractivity (Wildman–Crippen MR) is 49.9 cm³/mol. The Morgan fingerprint density at radius 3 is 2.93 bits per heavy atom. The Balaban J connectivity index is 2.63. The Morgan fingerprint density at radius 2 is 2.36 bits per heavy atom. The number of hydrogen-bond donors (Lipinski definition) is 0. The minimum Gasteiger partial charge on any atom is -0.461 e. The number of carbonyl (C=O) groups is 1. The average Bonchev–Trinajstić information content (AvgIpc) is 2.52. The second kappa shape index (κ2) is 4.76. The molecule has 78 valence electrons. The van der Waals surface area contributed by atoms with Gasteiger partial charge in [-0.1, -0.05) is 5.16 Å². The third-order valence-electron chi connectivity index (χ3n) is 1.52. The van der Waals surface area contributed by atoms with E-state index in [4.69, 9.17) is 9.26 Å². The lowest BCUT2D eigenvalue weighted by atomic mass is 10.3. The summed E-state index contributed by atoms with van der Waals surface area (Å²) in [6.45, 7) is 2.71. The number of carbonyl (C=O) groups excluding carboxylic acids is 1. The number of nitrogens with zero attached hydrogens (tertiary/aromatic N) is 2. The normalized spacial score (nSPS) is 10.6. The number of aromatic nitrogens is 1. The molecule has 0 aliphatic heterocycles. The second-order valence-corrected chi connectivity index (χ2v) is 3.14. The summed E-state index contributed by atoms with van der Waals surface area (Å²) in [6, 6.07) is 1.60. The first-order valence-electron chi connectivity index (χ1n) is 4.41. The summed E-state index contributed by atoms with van der Waals surface area (Å²) in [6.07, 6.45) is 0. The number of esters is 1. The highest BCUT2D eigenvalue weighted by Crippen LogP contribution is 2.06. The largest absolute Gasteiger partial charge is 0.461 e. The molecule has 14 heavy (non-hydrogen) atoms. The zero-order chi connectivity index (χ0) is 10.6. The third kappa shape index (κ3) is 2.85. The Morgan fingerprint density at radius 1 is 1.64 bits per heavy atom. The monoisotopic (exact) mass is 198 g/mol. The molecule has 0 aliphatic carbocycles. The Labute approximate surface area is 82.6 Å². The van der Waals surface area contributed by atoms with Crippen LogP contribution in [-0.2, 0) is 11.3 Å². The van der Waals surface area contributed by atoms with Crippen LogP contribution in [0.3, 0.4) is 0 Å². The molecule has 1 aromatic heterocycles. The minimum absolute atomic E-state index is 0.226. The van der Waals surface area contributed by atoms with Crippen molar-refractivity contribution in [3.8, 4) is 0 Å². The highest BCUT2D eigenvalue weighted by molar-refractivity contribution is 5.87. The van der Waals surface area contributed by atoms with E-state index in [0.717, 1.165) is 0 Å². The van der Waals surface area contributed by atoms with Crippen LogP contribution < -0.4 is 0 Å². The van der Waals surface area contributed by atoms with Crippen LogP contribution in [0.5, 0.6) is 0 Å². The van der Waals surface area contributed by atoms with E-state index in [1.54, 1.807) is 13.0 Å². The van der Waals surface area contributed by atoms with Crippen LogP contribution >= 0.6 is 0 Å². The van der Waals surface area contributed by atoms with Crippen LogP contribution in [0.25, 0.3) is 0 Å². The Kier molecular flexibility index (Phi) is 3.64. The lowest BCUT2D eigenvalue weighted by molar-refractivity contribution is 0.0514. The van der Waals surface area contributed by atoms with E-state index >= 15 is 0 Å². The molecular formula is C9H14N2O3. The van der Waals surface area contributed by atoms with Crippen molar-refractivity contribution in [3.05, 3.63) is 17.5 Å². The zero-order valence-corrected chi connectivity index (χ0v) is 8.61. The third-order valence-corrected chi connectivity index (χ3v) is 1.52. The number of ether oxygens (including phenoxy) is 1. The molecule has 0 N–H and O–H groups in total. The Bertz CT molecular complexity index is 307. The van der Waals surface area contributed by atoms with Crippen LogP contribution in [-0.4, -0.2) is 36.7 Å². The molecule has 5 heteroatoms. The fraction of sp³-hybridized carbons (Fsp3) is 0.556. The fourth-order valence-electron chi connectivity index (χ4n) is 1.00.